The van der Waals surface area contributed by atoms with Crippen molar-refractivity contribution < 1.29 is 14.3 Å². The molecule has 0 N–H and O–H groups in total. The number of hydrogen-bond acceptors (Lipinski definition) is 3. The summed E-state index contributed by atoms with van der Waals surface area (Å²) >= 11 is 0. The number of methoxy groups -OCH3 is 1. The van der Waals surface area contributed by atoms with Crippen molar-refractivity contribution in [1.82, 2.24) is 0 Å². The molecule has 1 aliphatic rings. The van der Waals surface area contributed by atoms with Crippen LogP contribution in [0.1, 0.15) is 17.5 Å². The van der Waals surface area contributed by atoms with Gasteiger partial charge in [0.05, 0.1) is 13.7 Å². The van der Waals surface area contributed by atoms with E-state index < -0.39 is 5.41 Å². The Bertz CT molecular complexity index is 621. The summed E-state index contributed by atoms with van der Waals surface area (Å²) in [6.07, 6.45) is 0.656. The van der Waals surface area contributed by atoms with Crippen LogP contribution in [0, 0.1) is 0 Å². The summed E-state index contributed by atoms with van der Waals surface area (Å²) in [7, 11) is 1.63. The monoisotopic (exact) mass is 268 g/mol. The number of benzene rings is 2. The number of rotatable bonds is 3. The third kappa shape index (κ3) is 1.86. The lowest BCUT2D eigenvalue weighted by Gasteiger charge is -2.26. The maximum atomic E-state index is 12.4. The fourth-order valence-electron chi connectivity index (χ4n) is 2.82. The topological polar surface area (TPSA) is 35.5 Å². The molecule has 0 radical (unpaired) electrons. The van der Waals surface area contributed by atoms with Crippen LogP contribution in [0.4, 0.5) is 0 Å². The van der Waals surface area contributed by atoms with Gasteiger partial charge in [-0.25, -0.2) is 0 Å². The molecule has 0 aromatic heterocycles. The van der Waals surface area contributed by atoms with E-state index in [1.807, 2.05) is 54.6 Å². The highest BCUT2D eigenvalue weighted by Gasteiger charge is 2.47. The first-order valence-corrected chi connectivity index (χ1v) is 6.64. The van der Waals surface area contributed by atoms with Gasteiger partial charge >= 0.3 is 5.97 Å². The van der Waals surface area contributed by atoms with Crippen molar-refractivity contribution in [2.24, 2.45) is 0 Å². The molecule has 1 aliphatic heterocycles. The molecule has 0 aliphatic carbocycles. The van der Waals surface area contributed by atoms with Gasteiger partial charge in [0.25, 0.3) is 0 Å². The standard InChI is InChI=1S/C17H16O3/c1-19-15-9-5-8-14(12-15)17(10-11-20-16(17)18)13-6-3-2-4-7-13/h2-9,12H,10-11H2,1H3. The molecule has 102 valence electrons. The summed E-state index contributed by atoms with van der Waals surface area (Å²) in [6.45, 7) is 0.449. The number of esters is 1. The predicted octanol–water partition coefficient (Wildman–Crippen LogP) is 2.93. The molecule has 0 saturated carbocycles. The number of carbonyl (C=O) groups is 1. The molecule has 0 amide bonds. The average molecular weight is 268 g/mol. The Morgan fingerprint density at radius 3 is 2.45 bits per heavy atom. The van der Waals surface area contributed by atoms with Gasteiger partial charge in [-0.3, -0.25) is 4.79 Å². The molecule has 3 nitrogen and oxygen atoms in total. The van der Waals surface area contributed by atoms with E-state index in [2.05, 4.69) is 0 Å². The summed E-state index contributed by atoms with van der Waals surface area (Å²) < 4.78 is 10.5. The summed E-state index contributed by atoms with van der Waals surface area (Å²) in [5.74, 6) is 0.564. The van der Waals surface area contributed by atoms with Crippen molar-refractivity contribution in [3.8, 4) is 5.75 Å². The first-order valence-electron chi connectivity index (χ1n) is 6.64. The molecule has 2 aromatic rings. The molecular weight excluding hydrogens is 252 g/mol. The van der Waals surface area contributed by atoms with E-state index in [0.717, 1.165) is 16.9 Å². The maximum Gasteiger partial charge on any atom is 0.321 e. The molecular formula is C17H16O3. The molecule has 1 fully saturated rings. The highest BCUT2D eigenvalue weighted by atomic mass is 16.5. The van der Waals surface area contributed by atoms with E-state index in [1.54, 1.807) is 7.11 Å². The number of ether oxygens (including phenoxy) is 2. The minimum atomic E-state index is -0.712. The Labute approximate surface area is 118 Å². The van der Waals surface area contributed by atoms with Crippen LogP contribution in [0.5, 0.6) is 5.75 Å². The molecule has 0 bridgehead atoms. The van der Waals surface area contributed by atoms with Gasteiger partial charge < -0.3 is 9.47 Å². The number of carbonyl (C=O) groups excluding carboxylic acids is 1. The Morgan fingerprint density at radius 1 is 1.05 bits per heavy atom. The van der Waals surface area contributed by atoms with Gasteiger partial charge in [0.2, 0.25) is 0 Å². The van der Waals surface area contributed by atoms with Crippen molar-refractivity contribution in [3.05, 3.63) is 65.7 Å². The Kier molecular flexibility index (Phi) is 3.18. The minimum Gasteiger partial charge on any atom is -0.497 e. The highest BCUT2D eigenvalue weighted by Crippen LogP contribution is 2.41. The molecule has 20 heavy (non-hydrogen) atoms. The van der Waals surface area contributed by atoms with E-state index in [0.29, 0.717) is 13.0 Å². The minimum absolute atomic E-state index is 0.183. The van der Waals surface area contributed by atoms with Crippen LogP contribution in [0.3, 0.4) is 0 Å². The number of hydrogen-bond donors (Lipinski definition) is 0. The maximum absolute atomic E-state index is 12.4. The third-order valence-corrected chi connectivity index (χ3v) is 3.89. The van der Waals surface area contributed by atoms with E-state index >= 15 is 0 Å². The van der Waals surface area contributed by atoms with Crippen molar-refractivity contribution in [2.75, 3.05) is 13.7 Å². The molecule has 1 unspecified atom stereocenters. The van der Waals surface area contributed by atoms with Gasteiger partial charge in [-0.15, -0.1) is 0 Å². The second-order valence-corrected chi connectivity index (χ2v) is 4.89. The lowest BCUT2D eigenvalue weighted by atomic mass is 9.73. The predicted molar refractivity (Wildman–Crippen MR) is 75.8 cm³/mol. The average Bonchev–Trinajstić information content (AvgIpc) is 2.91. The van der Waals surface area contributed by atoms with Crippen LogP contribution in [-0.4, -0.2) is 19.7 Å². The van der Waals surface area contributed by atoms with E-state index in [-0.39, 0.29) is 5.97 Å². The van der Waals surface area contributed by atoms with Gasteiger partial charge in [-0.2, -0.15) is 0 Å². The second-order valence-electron chi connectivity index (χ2n) is 4.89. The zero-order valence-corrected chi connectivity index (χ0v) is 11.3. The van der Waals surface area contributed by atoms with Crippen LogP contribution in [0.25, 0.3) is 0 Å². The van der Waals surface area contributed by atoms with Gasteiger partial charge in [-0.1, -0.05) is 42.5 Å². The second kappa shape index (κ2) is 5.00. The fourth-order valence-corrected chi connectivity index (χ4v) is 2.82. The largest absolute Gasteiger partial charge is 0.497 e. The van der Waals surface area contributed by atoms with Crippen molar-refractivity contribution in [2.45, 2.75) is 11.8 Å². The highest BCUT2D eigenvalue weighted by molar-refractivity contribution is 5.89. The summed E-state index contributed by atoms with van der Waals surface area (Å²) in [5, 5.41) is 0. The molecule has 3 heteroatoms. The van der Waals surface area contributed by atoms with Crippen molar-refractivity contribution in [1.29, 1.82) is 0 Å². The summed E-state index contributed by atoms with van der Waals surface area (Å²) in [6, 6.07) is 17.5. The van der Waals surface area contributed by atoms with E-state index in [1.165, 1.54) is 0 Å². The van der Waals surface area contributed by atoms with Gasteiger partial charge in [0.1, 0.15) is 11.2 Å². The quantitative estimate of drug-likeness (QED) is 0.803. The van der Waals surface area contributed by atoms with Crippen LogP contribution >= 0.6 is 0 Å². The van der Waals surface area contributed by atoms with Crippen molar-refractivity contribution in [3.63, 3.8) is 0 Å². The molecule has 1 saturated heterocycles. The zero-order chi connectivity index (χ0) is 14.0. The molecule has 3 rings (SSSR count). The van der Waals surface area contributed by atoms with E-state index in [9.17, 15) is 4.79 Å². The third-order valence-electron chi connectivity index (χ3n) is 3.89. The molecule has 0 spiro atoms. The first-order chi connectivity index (χ1) is 9.77. The fraction of sp³-hybridized carbons (Fsp3) is 0.235. The normalized spacial score (nSPS) is 21.6. The molecule has 1 heterocycles. The zero-order valence-electron chi connectivity index (χ0n) is 11.3. The van der Waals surface area contributed by atoms with Crippen molar-refractivity contribution >= 4 is 5.97 Å². The van der Waals surface area contributed by atoms with Gasteiger partial charge in [0.15, 0.2) is 0 Å². The van der Waals surface area contributed by atoms with Crippen LogP contribution in [-0.2, 0) is 14.9 Å². The Hall–Kier alpha value is -2.29. The Balaban J connectivity index is 2.18. The lowest BCUT2D eigenvalue weighted by molar-refractivity contribution is -0.141. The summed E-state index contributed by atoms with van der Waals surface area (Å²) in [4.78, 5) is 12.4. The van der Waals surface area contributed by atoms with Gasteiger partial charge in [0, 0.05) is 6.42 Å². The smallest absolute Gasteiger partial charge is 0.321 e. The van der Waals surface area contributed by atoms with Crippen LogP contribution in [0.2, 0.25) is 0 Å². The van der Waals surface area contributed by atoms with Crippen LogP contribution < -0.4 is 4.74 Å². The van der Waals surface area contributed by atoms with E-state index in [4.69, 9.17) is 9.47 Å². The summed E-state index contributed by atoms with van der Waals surface area (Å²) in [5.41, 5.74) is 1.18. The van der Waals surface area contributed by atoms with Gasteiger partial charge in [-0.05, 0) is 23.3 Å². The Morgan fingerprint density at radius 2 is 1.80 bits per heavy atom. The molecule has 2 aromatic carbocycles. The number of cyclic esters (lactones) is 1. The first kappa shape index (κ1) is 12.7. The SMILES string of the molecule is COc1cccc(C2(c3ccccc3)CCOC2=O)c1. The van der Waals surface area contributed by atoms with Crippen LogP contribution in [0.15, 0.2) is 54.6 Å². The lowest BCUT2D eigenvalue weighted by Crippen LogP contribution is -2.32. The molecule has 1 atom stereocenters.